The van der Waals surface area contributed by atoms with Crippen LogP contribution in [0.25, 0.3) is 5.69 Å². The molecule has 1 aromatic heterocycles. The van der Waals surface area contributed by atoms with Gasteiger partial charge in [0.15, 0.2) is 5.69 Å². The first-order valence-corrected chi connectivity index (χ1v) is 8.29. The summed E-state index contributed by atoms with van der Waals surface area (Å²) in [7, 11) is 1.52. The third-order valence-corrected chi connectivity index (χ3v) is 4.76. The lowest BCUT2D eigenvalue weighted by molar-refractivity contribution is -0.187. The molecule has 0 aliphatic carbocycles. The third kappa shape index (κ3) is 3.51. The number of rotatable bonds is 4. The fraction of sp³-hybridized carbons (Fsp3) is 0.412. The van der Waals surface area contributed by atoms with Gasteiger partial charge in [-0.1, -0.05) is 5.21 Å². The maximum absolute atomic E-state index is 13.1. The van der Waals surface area contributed by atoms with Gasteiger partial charge in [0.05, 0.1) is 30.3 Å². The van der Waals surface area contributed by atoms with Crippen molar-refractivity contribution in [1.82, 2.24) is 19.9 Å². The van der Waals surface area contributed by atoms with Crippen LogP contribution in [0.15, 0.2) is 24.3 Å². The molecule has 3 rings (SSSR count). The second-order valence-electron chi connectivity index (χ2n) is 6.44. The number of carboxylic acids is 1. The maximum Gasteiger partial charge on any atom is 0.394 e. The Kier molecular flexibility index (Phi) is 5.01. The Morgan fingerprint density at radius 2 is 1.86 bits per heavy atom. The van der Waals surface area contributed by atoms with E-state index in [9.17, 15) is 22.8 Å². The molecule has 8 nitrogen and oxygen atoms in total. The molecule has 1 amide bonds. The van der Waals surface area contributed by atoms with Crippen molar-refractivity contribution in [3.8, 4) is 11.4 Å². The summed E-state index contributed by atoms with van der Waals surface area (Å²) in [6.45, 7) is 0.296. The van der Waals surface area contributed by atoms with Gasteiger partial charge in [-0.25, -0.2) is 4.68 Å². The molecule has 0 radical (unpaired) electrons. The number of benzene rings is 1. The number of likely N-dealkylation sites (tertiary alicyclic amines) is 1. The molecule has 28 heavy (non-hydrogen) atoms. The molecule has 1 N–H and O–H groups in total. The van der Waals surface area contributed by atoms with E-state index in [4.69, 9.17) is 9.84 Å². The Hall–Kier alpha value is -3.11. The molecule has 0 unspecified atom stereocenters. The maximum atomic E-state index is 13.1. The Balaban J connectivity index is 1.85. The van der Waals surface area contributed by atoms with Crippen molar-refractivity contribution in [2.45, 2.75) is 13.1 Å². The molecule has 150 valence electrons. The summed E-state index contributed by atoms with van der Waals surface area (Å²) in [5.41, 5.74) is 0.795. The summed E-state index contributed by atoms with van der Waals surface area (Å²) in [6, 6.07) is 6.74. The standard InChI is InChI=1S/C17H17F3N4O4/c1-9-14(21-22-24(9)10-3-5-11(28-2)6-4-10)15(25)23-7-12(16(26)27)13(8-23)17(18,19)20/h3-6,12-13H,7-8H2,1-2H3,(H,26,27)/t12-,13-/m1/s1. The minimum absolute atomic E-state index is 0.122. The Morgan fingerprint density at radius 3 is 2.36 bits per heavy atom. The average Bonchev–Trinajstić information content (AvgIpc) is 3.25. The quantitative estimate of drug-likeness (QED) is 0.845. The number of methoxy groups -OCH3 is 1. The van der Waals surface area contributed by atoms with Crippen LogP contribution >= 0.6 is 0 Å². The van der Waals surface area contributed by atoms with E-state index < -0.39 is 43.0 Å². The van der Waals surface area contributed by atoms with Gasteiger partial charge < -0.3 is 14.7 Å². The summed E-state index contributed by atoms with van der Waals surface area (Å²) in [4.78, 5) is 24.7. The summed E-state index contributed by atoms with van der Waals surface area (Å²) >= 11 is 0. The van der Waals surface area contributed by atoms with Gasteiger partial charge in [0.2, 0.25) is 0 Å². The second kappa shape index (κ2) is 7.13. The molecule has 0 spiro atoms. The highest BCUT2D eigenvalue weighted by Crippen LogP contribution is 2.38. The van der Waals surface area contributed by atoms with Crippen molar-refractivity contribution >= 4 is 11.9 Å². The number of amides is 1. The monoisotopic (exact) mass is 398 g/mol. The van der Waals surface area contributed by atoms with E-state index in [0.717, 1.165) is 4.90 Å². The first kappa shape index (κ1) is 19.6. The van der Waals surface area contributed by atoms with Crippen LogP contribution < -0.4 is 4.74 Å². The highest BCUT2D eigenvalue weighted by Gasteiger charge is 2.53. The van der Waals surface area contributed by atoms with Crippen LogP contribution in [-0.4, -0.2) is 63.3 Å². The van der Waals surface area contributed by atoms with Crippen LogP contribution in [0.5, 0.6) is 5.75 Å². The van der Waals surface area contributed by atoms with Crippen LogP contribution in [0, 0.1) is 18.8 Å². The second-order valence-corrected chi connectivity index (χ2v) is 6.44. The van der Waals surface area contributed by atoms with E-state index in [2.05, 4.69) is 10.3 Å². The number of carbonyl (C=O) groups is 2. The summed E-state index contributed by atoms with van der Waals surface area (Å²) in [6.07, 6.45) is -4.71. The van der Waals surface area contributed by atoms with Crippen LogP contribution in [0.1, 0.15) is 16.2 Å². The van der Waals surface area contributed by atoms with Gasteiger partial charge in [0.25, 0.3) is 5.91 Å². The zero-order valence-corrected chi connectivity index (χ0v) is 15.0. The Labute approximate surface area is 157 Å². The lowest BCUT2D eigenvalue weighted by Crippen LogP contribution is -2.34. The summed E-state index contributed by atoms with van der Waals surface area (Å²) in [5, 5.41) is 16.8. The fourth-order valence-corrected chi connectivity index (χ4v) is 3.20. The van der Waals surface area contributed by atoms with Crippen molar-refractivity contribution in [1.29, 1.82) is 0 Å². The number of carbonyl (C=O) groups excluding carboxylic acids is 1. The van der Waals surface area contributed by atoms with Crippen LogP contribution in [0.4, 0.5) is 13.2 Å². The van der Waals surface area contributed by atoms with E-state index in [-0.39, 0.29) is 5.69 Å². The Morgan fingerprint density at radius 1 is 1.21 bits per heavy atom. The van der Waals surface area contributed by atoms with Crippen molar-refractivity contribution < 1.29 is 32.6 Å². The van der Waals surface area contributed by atoms with E-state index in [1.165, 1.54) is 11.8 Å². The minimum Gasteiger partial charge on any atom is -0.497 e. The highest BCUT2D eigenvalue weighted by atomic mass is 19.4. The largest absolute Gasteiger partial charge is 0.497 e. The molecule has 2 aromatic rings. The van der Waals surface area contributed by atoms with Gasteiger partial charge in [-0.05, 0) is 31.2 Å². The molecule has 1 aliphatic rings. The van der Waals surface area contributed by atoms with Crippen LogP contribution in [0.3, 0.4) is 0 Å². The lowest BCUT2D eigenvalue weighted by Gasteiger charge is -2.18. The normalized spacial score (nSPS) is 19.7. The van der Waals surface area contributed by atoms with Gasteiger partial charge in [-0.3, -0.25) is 9.59 Å². The molecule has 1 aliphatic heterocycles. The average molecular weight is 398 g/mol. The summed E-state index contributed by atoms with van der Waals surface area (Å²) in [5.74, 6) is -5.58. The SMILES string of the molecule is COc1ccc(-n2nnc(C(=O)N3C[C@@H](C(F)(F)F)[C@H](C(=O)O)C3)c2C)cc1. The molecule has 11 heteroatoms. The molecule has 2 heterocycles. The van der Waals surface area contributed by atoms with Crippen molar-refractivity contribution in [2.24, 2.45) is 11.8 Å². The van der Waals surface area contributed by atoms with Gasteiger partial charge >= 0.3 is 12.1 Å². The first-order chi connectivity index (χ1) is 13.1. The van der Waals surface area contributed by atoms with E-state index >= 15 is 0 Å². The molecule has 0 saturated carbocycles. The molecule has 1 aromatic carbocycles. The van der Waals surface area contributed by atoms with E-state index in [0.29, 0.717) is 17.1 Å². The van der Waals surface area contributed by atoms with Gasteiger partial charge in [0.1, 0.15) is 5.75 Å². The molecule has 1 saturated heterocycles. The number of aromatic nitrogens is 3. The zero-order chi connectivity index (χ0) is 20.6. The van der Waals surface area contributed by atoms with Crippen molar-refractivity contribution in [2.75, 3.05) is 20.2 Å². The molecule has 0 bridgehead atoms. The Bertz CT molecular complexity index is 895. The van der Waals surface area contributed by atoms with Crippen LogP contribution in [0.2, 0.25) is 0 Å². The molecular formula is C17H17F3N4O4. The molecule has 2 atom stereocenters. The smallest absolute Gasteiger partial charge is 0.394 e. The number of hydrogen-bond donors (Lipinski definition) is 1. The predicted molar refractivity (Wildman–Crippen MR) is 89.2 cm³/mol. The van der Waals surface area contributed by atoms with E-state index in [1.807, 2.05) is 0 Å². The van der Waals surface area contributed by atoms with Gasteiger partial charge in [-0.15, -0.1) is 5.10 Å². The lowest BCUT2D eigenvalue weighted by atomic mass is 9.96. The molecular weight excluding hydrogens is 381 g/mol. The number of ether oxygens (including phenoxy) is 1. The predicted octanol–water partition coefficient (Wildman–Crippen LogP) is 1.92. The highest BCUT2D eigenvalue weighted by molar-refractivity contribution is 5.94. The van der Waals surface area contributed by atoms with E-state index in [1.54, 1.807) is 31.2 Å². The third-order valence-electron chi connectivity index (χ3n) is 4.76. The zero-order valence-electron chi connectivity index (χ0n) is 15.0. The minimum atomic E-state index is -4.71. The van der Waals surface area contributed by atoms with Crippen LogP contribution in [-0.2, 0) is 4.79 Å². The summed E-state index contributed by atoms with van der Waals surface area (Å²) < 4.78 is 45.8. The van der Waals surface area contributed by atoms with Crippen molar-refractivity contribution in [3.05, 3.63) is 35.7 Å². The van der Waals surface area contributed by atoms with Crippen molar-refractivity contribution in [3.63, 3.8) is 0 Å². The number of nitrogens with zero attached hydrogens (tertiary/aromatic N) is 4. The number of hydrogen-bond acceptors (Lipinski definition) is 5. The topological polar surface area (TPSA) is 97.5 Å². The number of aliphatic carboxylic acids is 1. The van der Waals surface area contributed by atoms with Gasteiger partial charge in [-0.2, -0.15) is 13.2 Å². The van der Waals surface area contributed by atoms with Gasteiger partial charge in [0, 0.05) is 13.1 Å². The fourth-order valence-electron chi connectivity index (χ4n) is 3.20. The number of halogens is 3. The molecule has 1 fully saturated rings. The number of carboxylic acid groups (broad SMARTS) is 1. The first-order valence-electron chi connectivity index (χ1n) is 8.29. The number of alkyl halides is 3.